The van der Waals surface area contributed by atoms with Gasteiger partial charge < -0.3 is 10.3 Å². The number of rotatable bonds is 4. The minimum Gasteiger partial charge on any atom is -0.367 e. The molecule has 0 aliphatic carbocycles. The van der Waals surface area contributed by atoms with Crippen molar-refractivity contribution in [2.24, 2.45) is 7.05 Å². The van der Waals surface area contributed by atoms with Crippen LogP contribution in [-0.2, 0) is 13.5 Å². The molecule has 0 aliphatic rings. The lowest BCUT2D eigenvalue weighted by Crippen LogP contribution is -2.30. The van der Waals surface area contributed by atoms with Gasteiger partial charge in [-0.3, -0.25) is 14.3 Å². The van der Waals surface area contributed by atoms with Crippen LogP contribution in [0.1, 0.15) is 16.1 Å². The van der Waals surface area contributed by atoms with Crippen LogP contribution in [0, 0.1) is 0 Å². The summed E-state index contributed by atoms with van der Waals surface area (Å²) in [7, 11) is 1.84. The molecule has 2 heterocycles. The van der Waals surface area contributed by atoms with Gasteiger partial charge in [0.25, 0.3) is 5.91 Å². The zero-order valence-corrected chi connectivity index (χ0v) is 10.0. The molecule has 2 aromatic heterocycles. The number of aromatic amines is 1. The van der Waals surface area contributed by atoms with Crippen LogP contribution in [0.4, 0.5) is 0 Å². The van der Waals surface area contributed by atoms with Gasteiger partial charge in [0.2, 0.25) is 0 Å². The van der Waals surface area contributed by atoms with Crippen molar-refractivity contribution in [3.63, 3.8) is 0 Å². The van der Waals surface area contributed by atoms with E-state index in [1.165, 1.54) is 18.5 Å². The normalized spacial score (nSPS) is 10.3. The first kappa shape index (κ1) is 12.1. The summed E-state index contributed by atoms with van der Waals surface area (Å²) in [6.07, 6.45) is 5.38. The molecular weight excluding hydrogens is 232 g/mol. The van der Waals surface area contributed by atoms with Crippen LogP contribution >= 0.6 is 0 Å². The van der Waals surface area contributed by atoms with Crippen LogP contribution < -0.4 is 10.7 Å². The monoisotopic (exact) mass is 246 g/mol. The number of aromatic nitrogens is 3. The zero-order chi connectivity index (χ0) is 13.0. The summed E-state index contributed by atoms with van der Waals surface area (Å²) in [5.41, 5.74) is 0.738. The molecule has 0 spiro atoms. The van der Waals surface area contributed by atoms with E-state index in [0.717, 1.165) is 5.69 Å². The highest BCUT2D eigenvalue weighted by Crippen LogP contribution is 1.94. The van der Waals surface area contributed by atoms with Gasteiger partial charge in [-0.2, -0.15) is 5.10 Å². The molecule has 0 atom stereocenters. The molecular formula is C12H14N4O2. The minimum absolute atomic E-state index is 0.124. The molecule has 0 unspecified atom stereocenters. The van der Waals surface area contributed by atoms with E-state index in [0.29, 0.717) is 13.0 Å². The maximum Gasteiger partial charge on any atom is 0.256 e. The lowest BCUT2D eigenvalue weighted by atomic mass is 10.2. The molecule has 94 valence electrons. The van der Waals surface area contributed by atoms with E-state index in [1.807, 2.05) is 19.3 Å². The van der Waals surface area contributed by atoms with E-state index in [2.05, 4.69) is 15.4 Å². The lowest BCUT2D eigenvalue weighted by Gasteiger charge is -2.02. The van der Waals surface area contributed by atoms with Crippen LogP contribution in [-0.4, -0.2) is 27.2 Å². The molecule has 0 bridgehead atoms. The SMILES string of the molecule is Cn1ccc(CCNC(=O)c2c[nH]ccc2=O)n1. The quantitative estimate of drug-likeness (QED) is 0.801. The molecule has 0 aliphatic heterocycles. The Morgan fingerprint density at radius 1 is 1.50 bits per heavy atom. The van der Waals surface area contributed by atoms with E-state index in [-0.39, 0.29) is 16.9 Å². The Morgan fingerprint density at radius 2 is 2.33 bits per heavy atom. The third kappa shape index (κ3) is 2.85. The van der Waals surface area contributed by atoms with E-state index in [1.54, 1.807) is 4.68 Å². The molecule has 0 radical (unpaired) electrons. The number of hydrogen-bond acceptors (Lipinski definition) is 3. The van der Waals surface area contributed by atoms with Crippen molar-refractivity contribution in [1.29, 1.82) is 0 Å². The maximum atomic E-state index is 11.7. The average molecular weight is 246 g/mol. The molecule has 18 heavy (non-hydrogen) atoms. The number of carbonyl (C=O) groups excluding carboxylic acids is 1. The van der Waals surface area contributed by atoms with Gasteiger partial charge in [-0.25, -0.2) is 0 Å². The van der Waals surface area contributed by atoms with E-state index in [4.69, 9.17) is 0 Å². The maximum absolute atomic E-state index is 11.7. The molecule has 2 rings (SSSR count). The highest BCUT2D eigenvalue weighted by atomic mass is 16.2. The van der Waals surface area contributed by atoms with Crippen molar-refractivity contribution in [1.82, 2.24) is 20.1 Å². The highest BCUT2D eigenvalue weighted by Gasteiger charge is 2.08. The van der Waals surface area contributed by atoms with Crippen molar-refractivity contribution in [2.75, 3.05) is 6.54 Å². The van der Waals surface area contributed by atoms with Crippen LogP contribution in [0.2, 0.25) is 0 Å². The first-order valence-electron chi connectivity index (χ1n) is 5.60. The van der Waals surface area contributed by atoms with Crippen LogP contribution in [0.5, 0.6) is 0 Å². The van der Waals surface area contributed by atoms with Crippen LogP contribution in [0.15, 0.2) is 35.5 Å². The van der Waals surface area contributed by atoms with Gasteiger partial charge in [0.05, 0.1) is 5.69 Å². The fourth-order valence-electron chi connectivity index (χ4n) is 1.59. The number of hydrogen-bond donors (Lipinski definition) is 2. The number of H-pyrrole nitrogens is 1. The molecule has 0 fully saturated rings. The summed E-state index contributed by atoms with van der Waals surface area (Å²) >= 11 is 0. The second kappa shape index (κ2) is 5.31. The number of nitrogens with one attached hydrogen (secondary N) is 2. The summed E-state index contributed by atoms with van der Waals surface area (Å²) in [5, 5.41) is 6.88. The van der Waals surface area contributed by atoms with Gasteiger partial charge in [-0.1, -0.05) is 0 Å². The molecule has 2 N–H and O–H groups in total. The van der Waals surface area contributed by atoms with Crippen molar-refractivity contribution >= 4 is 5.91 Å². The highest BCUT2D eigenvalue weighted by molar-refractivity contribution is 5.93. The number of nitrogens with zero attached hydrogens (tertiary/aromatic N) is 2. The Hall–Kier alpha value is -2.37. The second-order valence-corrected chi connectivity index (χ2v) is 3.91. The van der Waals surface area contributed by atoms with E-state index < -0.39 is 0 Å². The van der Waals surface area contributed by atoms with Crippen molar-refractivity contribution < 1.29 is 4.79 Å². The number of amides is 1. The van der Waals surface area contributed by atoms with Gasteiger partial charge in [-0.05, 0) is 6.07 Å². The van der Waals surface area contributed by atoms with Gasteiger partial charge in [0.1, 0.15) is 5.56 Å². The smallest absolute Gasteiger partial charge is 0.256 e. The minimum atomic E-state index is -0.368. The Labute approximate surface area is 104 Å². The molecule has 0 saturated heterocycles. The van der Waals surface area contributed by atoms with Gasteiger partial charge in [0, 0.05) is 44.7 Å². The summed E-state index contributed by atoms with van der Waals surface area (Å²) in [4.78, 5) is 25.8. The lowest BCUT2D eigenvalue weighted by molar-refractivity contribution is 0.0952. The van der Waals surface area contributed by atoms with Crippen molar-refractivity contribution in [3.05, 3.63) is 52.2 Å². The van der Waals surface area contributed by atoms with Gasteiger partial charge in [-0.15, -0.1) is 0 Å². The third-order valence-electron chi connectivity index (χ3n) is 2.50. The van der Waals surface area contributed by atoms with E-state index in [9.17, 15) is 9.59 Å². The molecule has 0 saturated carbocycles. The largest absolute Gasteiger partial charge is 0.367 e. The summed E-state index contributed by atoms with van der Waals surface area (Å²) in [5.74, 6) is -0.368. The summed E-state index contributed by atoms with van der Waals surface area (Å²) in [6.45, 7) is 0.449. The Kier molecular flexibility index (Phi) is 3.57. The Bertz CT molecular complexity index is 600. The topological polar surface area (TPSA) is 79.8 Å². The fraction of sp³-hybridized carbons (Fsp3) is 0.250. The van der Waals surface area contributed by atoms with Crippen LogP contribution in [0.25, 0.3) is 0 Å². The Balaban J connectivity index is 1.89. The first-order valence-corrected chi connectivity index (χ1v) is 5.60. The van der Waals surface area contributed by atoms with Gasteiger partial charge in [0.15, 0.2) is 5.43 Å². The standard InChI is InChI=1S/C12H14N4O2/c1-16-7-4-9(15-16)2-6-14-12(18)10-8-13-5-3-11(10)17/h3-5,7-8H,2,6H2,1H3,(H,13,17)(H,14,18). The predicted octanol–water partition coefficient (Wildman–Crippen LogP) is 0.0809. The average Bonchev–Trinajstić information content (AvgIpc) is 2.75. The number of pyridine rings is 1. The Morgan fingerprint density at radius 3 is 3.00 bits per heavy atom. The van der Waals surface area contributed by atoms with Crippen LogP contribution in [0.3, 0.4) is 0 Å². The number of aryl methyl sites for hydroxylation is 1. The fourth-order valence-corrected chi connectivity index (χ4v) is 1.59. The molecule has 2 aromatic rings. The summed E-state index contributed by atoms with van der Waals surface area (Å²) in [6, 6.07) is 3.22. The molecule has 6 nitrogen and oxygen atoms in total. The van der Waals surface area contributed by atoms with Crippen molar-refractivity contribution in [2.45, 2.75) is 6.42 Å². The van der Waals surface area contributed by atoms with Crippen molar-refractivity contribution in [3.8, 4) is 0 Å². The first-order chi connectivity index (χ1) is 8.66. The second-order valence-electron chi connectivity index (χ2n) is 3.91. The van der Waals surface area contributed by atoms with Gasteiger partial charge >= 0.3 is 0 Å². The van der Waals surface area contributed by atoms with E-state index >= 15 is 0 Å². The molecule has 1 amide bonds. The predicted molar refractivity (Wildman–Crippen MR) is 66.3 cm³/mol. The number of carbonyl (C=O) groups is 1. The summed E-state index contributed by atoms with van der Waals surface area (Å²) < 4.78 is 1.71. The zero-order valence-electron chi connectivity index (χ0n) is 10.0. The molecule has 0 aromatic carbocycles. The third-order valence-corrected chi connectivity index (χ3v) is 2.50. The molecule has 6 heteroatoms.